The van der Waals surface area contributed by atoms with Crippen LogP contribution in [0.2, 0.25) is 0 Å². The number of hydrogen-bond acceptors (Lipinski definition) is 3. The van der Waals surface area contributed by atoms with Crippen molar-refractivity contribution in [1.82, 2.24) is 4.57 Å². The summed E-state index contributed by atoms with van der Waals surface area (Å²) in [6, 6.07) is 9.95. The Morgan fingerprint density at radius 3 is 2.95 bits per heavy atom. The zero-order chi connectivity index (χ0) is 13.2. The second-order valence-corrected chi connectivity index (χ2v) is 5.11. The highest BCUT2D eigenvalue weighted by molar-refractivity contribution is 7.07. The van der Waals surface area contributed by atoms with Crippen LogP contribution in [0.1, 0.15) is 11.1 Å². The molecule has 3 aromatic rings. The van der Waals surface area contributed by atoms with Crippen LogP contribution in [0.5, 0.6) is 0 Å². The smallest absolute Gasteiger partial charge is 0.170 e. The van der Waals surface area contributed by atoms with Gasteiger partial charge in [-0.1, -0.05) is 5.16 Å². The fourth-order valence-corrected chi connectivity index (χ4v) is 2.79. The number of nitrogens with two attached hydrogens (primary N) is 1. The number of thiophene rings is 1. The Bertz CT molecular complexity index is 728. The molecule has 4 nitrogen and oxygen atoms in total. The van der Waals surface area contributed by atoms with E-state index in [0.29, 0.717) is 0 Å². The van der Waals surface area contributed by atoms with Gasteiger partial charge in [-0.05, 0) is 46.7 Å². The summed E-state index contributed by atoms with van der Waals surface area (Å²) in [6.45, 7) is 0.857. The van der Waals surface area contributed by atoms with Crippen LogP contribution < -0.4 is 5.73 Å². The third kappa shape index (κ3) is 2.20. The molecule has 0 radical (unpaired) electrons. The van der Waals surface area contributed by atoms with E-state index >= 15 is 0 Å². The van der Waals surface area contributed by atoms with Gasteiger partial charge >= 0.3 is 0 Å². The van der Waals surface area contributed by atoms with Crippen molar-refractivity contribution in [2.75, 3.05) is 0 Å². The molecule has 2 aromatic heterocycles. The Morgan fingerprint density at radius 1 is 1.32 bits per heavy atom. The molecule has 0 saturated heterocycles. The number of fused-ring (bicyclic) bond motifs is 1. The fourth-order valence-electron chi connectivity index (χ4n) is 2.13. The lowest BCUT2D eigenvalue weighted by molar-refractivity contribution is 0.318. The molecule has 2 heterocycles. The van der Waals surface area contributed by atoms with Crippen LogP contribution in [0.25, 0.3) is 10.9 Å². The summed E-state index contributed by atoms with van der Waals surface area (Å²) in [5, 5.41) is 17.0. The van der Waals surface area contributed by atoms with E-state index < -0.39 is 0 Å². The number of rotatable bonds is 3. The minimum Gasteiger partial charge on any atom is -0.409 e. The highest BCUT2D eigenvalue weighted by Crippen LogP contribution is 2.19. The predicted molar refractivity (Wildman–Crippen MR) is 77.9 cm³/mol. The zero-order valence-electron chi connectivity index (χ0n) is 10.2. The molecule has 1 aromatic carbocycles. The van der Waals surface area contributed by atoms with Crippen LogP contribution in [-0.4, -0.2) is 15.6 Å². The summed E-state index contributed by atoms with van der Waals surface area (Å²) in [4.78, 5) is 0. The number of hydrogen-bond donors (Lipinski definition) is 2. The molecule has 19 heavy (non-hydrogen) atoms. The van der Waals surface area contributed by atoms with Gasteiger partial charge in [0, 0.05) is 29.2 Å². The quantitative estimate of drug-likeness (QED) is 0.333. The van der Waals surface area contributed by atoms with E-state index in [-0.39, 0.29) is 5.84 Å². The van der Waals surface area contributed by atoms with E-state index in [9.17, 15) is 0 Å². The molecule has 0 aliphatic carbocycles. The lowest BCUT2D eigenvalue weighted by Crippen LogP contribution is -2.12. The van der Waals surface area contributed by atoms with Crippen molar-refractivity contribution in [3.63, 3.8) is 0 Å². The summed E-state index contributed by atoms with van der Waals surface area (Å²) < 4.78 is 2.19. The first kappa shape index (κ1) is 11.8. The Kier molecular flexibility index (Phi) is 2.97. The predicted octanol–water partition coefficient (Wildman–Crippen LogP) is 2.85. The monoisotopic (exact) mass is 271 g/mol. The average Bonchev–Trinajstić information content (AvgIpc) is 3.08. The van der Waals surface area contributed by atoms with Crippen LogP contribution in [0, 0.1) is 0 Å². The number of oxime groups is 1. The molecule has 5 heteroatoms. The van der Waals surface area contributed by atoms with Crippen molar-refractivity contribution in [1.29, 1.82) is 0 Å². The van der Waals surface area contributed by atoms with Gasteiger partial charge in [-0.3, -0.25) is 0 Å². The van der Waals surface area contributed by atoms with Crippen molar-refractivity contribution in [3.8, 4) is 0 Å². The number of nitrogens with zero attached hydrogens (tertiary/aromatic N) is 2. The lowest BCUT2D eigenvalue weighted by atomic mass is 10.1. The van der Waals surface area contributed by atoms with E-state index in [2.05, 4.69) is 32.7 Å². The fraction of sp³-hybridized carbons (Fsp3) is 0.0714. The van der Waals surface area contributed by atoms with E-state index in [1.165, 1.54) is 5.56 Å². The van der Waals surface area contributed by atoms with E-state index in [4.69, 9.17) is 10.9 Å². The van der Waals surface area contributed by atoms with Crippen LogP contribution in [0.3, 0.4) is 0 Å². The molecule has 0 saturated carbocycles. The lowest BCUT2D eigenvalue weighted by Gasteiger charge is -2.04. The molecule has 3 rings (SSSR count). The SMILES string of the molecule is N/C(=N/O)c1ccc2c(ccn2Cc2ccsc2)c1. The Hall–Kier alpha value is -2.27. The van der Waals surface area contributed by atoms with Crippen molar-refractivity contribution < 1.29 is 5.21 Å². The normalized spacial score (nSPS) is 12.1. The summed E-state index contributed by atoms with van der Waals surface area (Å²) in [6.07, 6.45) is 2.05. The topological polar surface area (TPSA) is 63.5 Å². The molecule has 0 spiro atoms. The minimum atomic E-state index is 0.132. The third-order valence-corrected chi connectivity index (χ3v) is 3.84. The molecule has 0 aliphatic rings. The average molecular weight is 271 g/mol. The minimum absolute atomic E-state index is 0.132. The molecule has 0 fully saturated rings. The van der Waals surface area contributed by atoms with Crippen LogP contribution in [-0.2, 0) is 6.54 Å². The molecular formula is C14H13N3OS. The first-order valence-electron chi connectivity index (χ1n) is 5.86. The number of aromatic nitrogens is 1. The molecule has 0 bridgehead atoms. The van der Waals surface area contributed by atoms with Gasteiger partial charge in [0.15, 0.2) is 5.84 Å². The third-order valence-electron chi connectivity index (χ3n) is 3.11. The molecule has 96 valence electrons. The largest absolute Gasteiger partial charge is 0.409 e. The maximum Gasteiger partial charge on any atom is 0.170 e. The van der Waals surface area contributed by atoms with E-state index in [1.54, 1.807) is 11.3 Å². The molecule has 0 atom stereocenters. The zero-order valence-corrected chi connectivity index (χ0v) is 11.0. The number of amidine groups is 1. The first-order chi connectivity index (χ1) is 9.28. The summed E-state index contributed by atoms with van der Waals surface area (Å²) in [7, 11) is 0. The first-order valence-corrected chi connectivity index (χ1v) is 6.80. The summed E-state index contributed by atoms with van der Waals surface area (Å²) >= 11 is 1.70. The Morgan fingerprint density at radius 2 is 2.21 bits per heavy atom. The van der Waals surface area contributed by atoms with E-state index in [1.807, 2.05) is 24.3 Å². The molecule has 3 N–H and O–H groups in total. The highest BCUT2D eigenvalue weighted by atomic mass is 32.1. The number of benzene rings is 1. The second kappa shape index (κ2) is 4.78. The maximum atomic E-state index is 8.70. The van der Waals surface area contributed by atoms with Crippen molar-refractivity contribution >= 4 is 28.1 Å². The van der Waals surface area contributed by atoms with Gasteiger partial charge in [-0.2, -0.15) is 11.3 Å². The Labute approximate surface area is 114 Å². The molecular weight excluding hydrogens is 258 g/mol. The van der Waals surface area contributed by atoms with Crippen LogP contribution in [0.15, 0.2) is 52.4 Å². The van der Waals surface area contributed by atoms with Gasteiger partial charge < -0.3 is 15.5 Å². The van der Waals surface area contributed by atoms with Gasteiger partial charge in [-0.25, -0.2) is 0 Å². The van der Waals surface area contributed by atoms with Gasteiger partial charge in [0.25, 0.3) is 0 Å². The van der Waals surface area contributed by atoms with Crippen molar-refractivity contribution in [2.24, 2.45) is 10.9 Å². The highest BCUT2D eigenvalue weighted by Gasteiger charge is 2.05. The van der Waals surface area contributed by atoms with Gasteiger partial charge in [-0.15, -0.1) is 0 Å². The maximum absolute atomic E-state index is 8.70. The molecule has 0 amide bonds. The van der Waals surface area contributed by atoms with Crippen molar-refractivity contribution in [3.05, 3.63) is 58.4 Å². The summed E-state index contributed by atoms with van der Waals surface area (Å²) in [5.74, 6) is 0.132. The van der Waals surface area contributed by atoms with Crippen molar-refractivity contribution in [2.45, 2.75) is 6.54 Å². The summed E-state index contributed by atoms with van der Waals surface area (Å²) in [5.41, 5.74) is 8.76. The van der Waals surface area contributed by atoms with Gasteiger partial charge in [0.1, 0.15) is 0 Å². The van der Waals surface area contributed by atoms with Crippen LogP contribution in [0.4, 0.5) is 0 Å². The Balaban J connectivity index is 2.00. The van der Waals surface area contributed by atoms with Gasteiger partial charge in [0.2, 0.25) is 0 Å². The standard InChI is InChI=1S/C14H13N3OS/c15-14(16-18)12-1-2-13-11(7-12)3-5-17(13)8-10-4-6-19-9-10/h1-7,9,18H,8H2,(H2,15,16). The molecule has 0 aliphatic heterocycles. The van der Waals surface area contributed by atoms with Crippen LogP contribution >= 0.6 is 11.3 Å². The second-order valence-electron chi connectivity index (χ2n) is 4.33. The van der Waals surface area contributed by atoms with E-state index in [0.717, 1.165) is 23.0 Å². The van der Waals surface area contributed by atoms with Gasteiger partial charge in [0.05, 0.1) is 0 Å². The molecule has 0 unspecified atom stereocenters.